The first-order chi connectivity index (χ1) is 12.6. The molecule has 5 nitrogen and oxygen atoms in total. The number of benzene rings is 2. The minimum Gasteiger partial charge on any atom is -0.507 e. The Morgan fingerprint density at radius 3 is 2.15 bits per heavy atom. The average molecular weight is 356 g/mol. The molecule has 0 spiro atoms. The summed E-state index contributed by atoms with van der Waals surface area (Å²) in [5, 5.41) is 10.1. The molecule has 0 fully saturated rings. The number of allylic oxidation sites excluding steroid dienone is 1. The molecule has 0 radical (unpaired) electrons. The number of rotatable bonds is 9. The Labute approximate surface area is 153 Å². The number of carbonyl (C=O) groups excluding carboxylic acids is 1. The highest BCUT2D eigenvalue weighted by Crippen LogP contribution is 2.28. The summed E-state index contributed by atoms with van der Waals surface area (Å²) < 4.78 is 16.3. The summed E-state index contributed by atoms with van der Waals surface area (Å²) in [6.07, 6.45) is 2.98. The van der Waals surface area contributed by atoms with Gasteiger partial charge in [0.1, 0.15) is 23.0 Å². The van der Waals surface area contributed by atoms with E-state index in [1.54, 1.807) is 36.4 Å². The van der Waals surface area contributed by atoms with Gasteiger partial charge in [0.05, 0.1) is 25.4 Å². The van der Waals surface area contributed by atoms with Crippen LogP contribution >= 0.6 is 0 Å². The molecule has 138 valence electrons. The van der Waals surface area contributed by atoms with E-state index in [2.05, 4.69) is 0 Å². The normalized spacial score (nSPS) is 10.7. The number of hydrogen-bond donors (Lipinski definition) is 1. The lowest BCUT2D eigenvalue weighted by Crippen LogP contribution is -2.02. The Balaban J connectivity index is 2.22. The molecule has 0 heterocycles. The van der Waals surface area contributed by atoms with Crippen LogP contribution in [0.5, 0.6) is 23.0 Å². The van der Waals surface area contributed by atoms with Crippen LogP contribution in [0.2, 0.25) is 0 Å². The second-order valence-corrected chi connectivity index (χ2v) is 5.38. The van der Waals surface area contributed by atoms with Gasteiger partial charge in [-0.25, -0.2) is 0 Å². The predicted molar refractivity (Wildman–Crippen MR) is 101 cm³/mol. The van der Waals surface area contributed by atoms with E-state index in [0.717, 1.165) is 0 Å². The van der Waals surface area contributed by atoms with Crippen molar-refractivity contribution in [1.29, 1.82) is 0 Å². The largest absolute Gasteiger partial charge is 0.507 e. The molecule has 1 N–H and O–H groups in total. The Kier molecular flexibility index (Phi) is 7.09. The quantitative estimate of drug-likeness (QED) is 0.530. The van der Waals surface area contributed by atoms with Gasteiger partial charge in [-0.05, 0) is 57.2 Å². The molecular weight excluding hydrogens is 332 g/mol. The average Bonchev–Trinajstić information content (AvgIpc) is 2.62. The van der Waals surface area contributed by atoms with E-state index in [1.165, 1.54) is 12.1 Å². The number of ether oxygens (including phenoxy) is 3. The maximum atomic E-state index is 12.5. The molecule has 2 aromatic carbocycles. The summed E-state index contributed by atoms with van der Waals surface area (Å²) in [5.74, 6) is 1.55. The molecule has 0 aliphatic rings. The van der Waals surface area contributed by atoms with E-state index in [1.807, 2.05) is 20.8 Å². The zero-order valence-corrected chi connectivity index (χ0v) is 15.3. The molecule has 0 bridgehead atoms. The van der Waals surface area contributed by atoms with Gasteiger partial charge in [0, 0.05) is 17.7 Å². The second kappa shape index (κ2) is 9.51. The lowest BCUT2D eigenvalue weighted by atomic mass is 10.1. The van der Waals surface area contributed by atoms with Crippen molar-refractivity contribution in [3.63, 3.8) is 0 Å². The number of phenolic OH excluding ortho intramolecular Hbond substituents is 1. The number of hydrogen-bond acceptors (Lipinski definition) is 5. The van der Waals surface area contributed by atoms with E-state index >= 15 is 0 Å². The molecule has 2 aromatic rings. The highest BCUT2D eigenvalue weighted by molar-refractivity contribution is 6.08. The van der Waals surface area contributed by atoms with Gasteiger partial charge in [0.15, 0.2) is 5.78 Å². The molecule has 0 unspecified atom stereocenters. The van der Waals surface area contributed by atoms with Crippen molar-refractivity contribution >= 4 is 11.9 Å². The molecular formula is C21H24O5. The van der Waals surface area contributed by atoms with Gasteiger partial charge in [0.2, 0.25) is 0 Å². The van der Waals surface area contributed by atoms with Gasteiger partial charge < -0.3 is 19.3 Å². The Bertz CT molecular complexity index is 780. The third kappa shape index (κ3) is 5.02. The van der Waals surface area contributed by atoms with Crippen molar-refractivity contribution in [2.24, 2.45) is 0 Å². The van der Waals surface area contributed by atoms with Gasteiger partial charge in [-0.15, -0.1) is 0 Å². The third-order valence-corrected chi connectivity index (χ3v) is 3.56. The molecule has 2 rings (SSSR count). The van der Waals surface area contributed by atoms with Crippen LogP contribution in [0.1, 0.15) is 36.7 Å². The standard InChI is InChI=1S/C21H24O5/c1-4-24-16-9-7-15(20(23)13-16)8-12-19(22)18-11-10-17(25-5-2)14-21(18)26-6-3/h7-14,23H,4-6H2,1-3H3. The van der Waals surface area contributed by atoms with Crippen LogP contribution in [0.15, 0.2) is 42.5 Å². The van der Waals surface area contributed by atoms with E-state index in [9.17, 15) is 9.90 Å². The second-order valence-electron chi connectivity index (χ2n) is 5.38. The molecule has 0 aromatic heterocycles. The molecule has 0 saturated carbocycles. The smallest absolute Gasteiger partial charge is 0.189 e. The molecule has 0 atom stereocenters. The molecule has 0 amide bonds. The Hall–Kier alpha value is -2.95. The van der Waals surface area contributed by atoms with Gasteiger partial charge in [-0.2, -0.15) is 0 Å². The van der Waals surface area contributed by atoms with Crippen molar-refractivity contribution in [1.82, 2.24) is 0 Å². The first-order valence-electron chi connectivity index (χ1n) is 8.66. The highest BCUT2D eigenvalue weighted by Gasteiger charge is 2.12. The fraction of sp³-hybridized carbons (Fsp3) is 0.286. The van der Waals surface area contributed by atoms with E-state index in [-0.39, 0.29) is 11.5 Å². The van der Waals surface area contributed by atoms with E-state index < -0.39 is 0 Å². The van der Waals surface area contributed by atoms with Gasteiger partial charge in [0.25, 0.3) is 0 Å². The van der Waals surface area contributed by atoms with Crippen molar-refractivity contribution in [3.05, 3.63) is 53.6 Å². The van der Waals surface area contributed by atoms with Crippen LogP contribution in [-0.2, 0) is 0 Å². The van der Waals surface area contributed by atoms with Gasteiger partial charge in [-0.1, -0.05) is 0 Å². The monoisotopic (exact) mass is 356 g/mol. The van der Waals surface area contributed by atoms with Gasteiger partial charge >= 0.3 is 0 Å². The number of phenols is 1. The maximum absolute atomic E-state index is 12.5. The third-order valence-electron chi connectivity index (χ3n) is 3.56. The minimum atomic E-state index is -0.218. The fourth-order valence-electron chi connectivity index (χ4n) is 2.41. The maximum Gasteiger partial charge on any atom is 0.189 e. The number of ketones is 1. The van der Waals surface area contributed by atoms with Crippen LogP contribution in [0.3, 0.4) is 0 Å². The van der Waals surface area contributed by atoms with Crippen LogP contribution in [-0.4, -0.2) is 30.7 Å². The van der Waals surface area contributed by atoms with Crippen LogP contribution in [0, 0.1) is 0 Å². The lowest BCUT2D eigenvalue weighted by molar-refractivity contribution is 0.104. The summed E-state index contributed by atoms with van der Waals surface area (Å²) in [6, 6.07) is 10.1. The van der Waals surface area contributed by atoms with Crippen molar-refractivity contribution in [2.45, 2.75) is 20.8 Å². The topological polar surface area (TPSA) is 65.0 Å². The first kappa shape index (κ1) is 19.4. The van der Waals surface area contributed by atoms with Crippen LogP contribution < -0.4 is 14.2 Å². The number of aromatic hydroxyl groups is 1. The van der Waals surface area contributed by atoms with Gasteiger partial charge in [-0.3, -0.25) is 4.79 Å². The van der Waals surface area contributed by atoms with Crippen LogP contribution in [0.4, 0.5) is 0 Å². The SMILES string of the molecule is CCOc1ccc(C=CC(=O)c2ccc(OCC)cc2OCC)c(O)c1. The molecule has 0 aliphatic carbocycles. The summed E-state index contributed by atoms with van der Waals surface area (Å²) in [6.45, 7) is 7.12. The lowest BCUT2D eigenvalue weighted by Gasteiger charge is -2.11. The van der Waals surface area contributed by atoms with Crippen molar-refractivity contribution in [3.8, 4) is 23.0 Å². The molecule has 26 heavy (non-hydrogen) atoms. The summed E-state index contributed by atoms with van der Waals surface area (Å²) >= 11 is 0. The van der Waals surface area contributed by atoms with Crippen LogP contribution in [0.25, 0.3) is 6.08 Å². The number of carbonyl (C=O) groups is 1. The summed E-state index contributed by atoms with van der Waals surface area (Å²) in [5.41, 5.74) is 0.975. The predicted octanol–water partition coefficient (Wildman–Crippen LogP) is 4.48. The first-order valence-corrected chi connectivity index (χ1v) is 8.66. The Morgan fingerprint density at radius 1 is 0.923 bits per heavy atom. The Morgan fingerprint density at radius 2 is 1.54 bits per heavy atom. The van der Waals surface area contributed by atoms with E-state index in [4.69, 9.17) is 14.2 Å². The highest BCUT2D eigenvalue weighted by atomic mass is 16.5. The summed E-state index contributed by atoms with van der Waals surface area (Å²) in [7, 11) is 0. The van der Waals surface area contributed by atoms with Crippen molar-refractivity contribution < 1.29 is 24.1 Å². The summed E-state index contributed by atoms with van der Waals surface area (Å²) in [4.78, 5) is 12.5. The zero-order valence-electron chi connectivity index (χ0n) is 15.3. The molecule has 5 heteroatoms. The van der Waals surface area contributed by atoms with E-state index in [0.29, 0.717) is 48.2 Å². The minimum absolute atomic E-state index is 0.0525. The fourth-order valence-corrected chi connectivity index (χ4v) is 2.41. The van der Waals surface area contributed by atoms with Crippen molar-refractivity contribution in [2.75, 3.05) is 19.8 Å². The molecule has 0 aliphatic heterocycles. The zero-order chi connectivity index (χ0) is 18.9. The molecule has 0 saturated heterocycles.